The van der Waals surface area contributed by atoms with Gasteiger partial charge in [-0.3, -0.25) is 14.5 Å². The highest BCUT2D eigenvalue weighted by molar-refractivity contribution is 5.93. The van der Waals surface area contributed by atoms with Crippen molar-refractivity contribution in [1.82, 2.24) is 20.1 Å². The zero-order chi connectivity index (χ0) is 16.9. The van der Waals surface area contributed by atoms with Gasteiger partial charge in [0.15, 0.2) is 0 Å². The zero-order valence-corrected chi connectivity index (χ0v) is 13.9. The van der Waals surface area contributed by atoms with Gasteiger partial charge in [-0.05, 0) is 31.5 Å². The van der Waals surface area contributed by atoms with E-state index in [2.05, 4.69) is 27.5 Å². The summed E-state index contributed by atoms with van der Waals surface area (Å²) in [6, 6.07) is 13.6. The molecule has 0 unspecified atom stereocenters. The Balaban J connectivity index is 1.71. The molecule has 24 heavy (non-hydrogen) atoms. The molecule has 3 rings (SSSR count). The third-order valence-electron chi connectivity index (χ3n) is 4.07. The van der Waals surface area contributed by atoms with E-state index in [4.69, 9.17) is 0 Å². The fraction of sp³-hybridized carbons (Fsp3) is 0.211. The molecule has 0 fully saturated rings. The molecule has 1 N–H and O–H groups in total. The topological polar surface area (TPSA) is 59.8 Å². The Kier molecular flexibility index (Phi) is 4.70. The molecule has 0 saturated carbocycles. The lowest BCUT2D eigenvalue weighted by molar-refractivity contribution is 0.0950. The van der Waals surface area contributed by atoms with Gasteiger partial charge in [0.2, 0.25) is 0 Å². The van der Waals surface area contributed by atoms with Gasteiger partial charge in [0, 0.05) is 35.8 Å². The minimum atomic E-state index is -0.105. The molecule has 3 aromatic rings. The number of benzene rings is 1. The number of carbonyl (C=O) groups is 1. The van der Waals surface area contributed by atoms with Crippen LogP contribution in [0.4, 0.5) is 0 Å². The molecule has 5 heteroatoms. The van der Waals surface area contributed by atoms with Gasteiger partial charge in [-0.1, -0.05) is 30.3 Å². The Morgan fingerprint density at radius 2 is 1.79 bits per heavy atom. The van der Waals surface area contributed by atoms with Gasteiger partial charge in [0.1, 0.15) is 0 Å². The Morgan fingerprint density at radius 1 is 1.08 bits per heavy atom. The summed E-state index contributed by atoms with van der Waals surface area (Å²) in [6.45, 7) is 5.21. The number of aryl methyl sites for hydroxylation is 1. The zero-order valence-electron chi connectivity index (χ0n) is 13.9. The van der Waals surface area contributed by atoms with E-state index in [1.807, 2.05) is 36.7 Å². The highest BCUT2D eigenvalue weighted by Gasteiger charge is 2.13. The van der Waals surface area contributed by atoms with Gasteiger partial charge >= 0.3 is 0 Å². The summed E-state index contributed by atoms with van der Waals surface area (Å²) in [5, 5.41) is 7.57. The fourth-order valence-electron chi connectivity index (χ4n) is 2.67. The molecule has 122 valence electrons. The number of nitrogens with one attached hydrogen (secondary N) is 1. The summed E-state index contributed by atoms with van der Waals surface area (Å²) < 4.78 is 1.98. The fourth-order valence-corrected chi connectivity index (χ4v) is 2.67. The molecule has 2 heterocycles. The van der Waals surface area contributed by atoms with Crippen molar-refractivity contribution in [3.05, 3.63) is 82.9 Å². The highest BCUT2D eigenvalue weighted by Crippen LogP contribution is 2.15. The van der Waals surface area contributed by atoms with Gasteiger partial charge in [0.25, 0.3) is 5.91 Å². The molecule has 1 aromatic carbocycles. The first kappa shape index (κ1) is 15.9. The van der Waals surface area contributed by atoms with Gasteiger partial charge in [-0.2, -0.15) is 5.10 Å². The van der Waals surface area contributed by atoms with Crippen LogP contribution >= 0.6 is 0 Å². The Labute approximate surface area is 141 Å². The minimum Gasteiger partial charge on any atom is -0.348 e. The maximum atomic E-state index is 12.2. The summed E-state index contributed by atoms with van der Waals surface area (Å²) in [7, 11) is 0. The number of hydrogen-bond donors (Lipinski definition) is 1. The van der Waals surface area contributed by atoms with Crippen LogP contribution in [-0.4, -0.2) is 20.7 Å². The quantitative estimate of drug-likeness (QED) is 0.786. The van der Waals surface area contributed by atoms with Gasteiger partial charge < -0.3 is 5.32 Å². The summed E-state index contributed by atoms with van der Waals surface area (Å²) in [4.78, 5) is 16.1. The van der Waals surface area contributed by atoms with Crippen molar-refractivity contribution in [2.24, 2.45) is 0 Å². The van der Waals surface area contributed by atoms with Crippen molar-refractivity contribution >= 4 is 5.91 Å². The molecule has 0 bridgehead atoms. The van der Waals surface area contributed by atoms with Crippen LogP contribution in [0.15, 0.2) is 54.9 Å². The lowest BCUT2D eigenvalue weighted by Crippen LogP contribution is -2.23. The van der Waals surface area contributed by atoms with Crippen LogP contribution in [0, 0.1) is 13.8 Å². The lowest BCUT2D eigenvalue weighted by atomic mass is 10.2. The van der Waals surface area contributed by atoms with Crippen molar-refractivity contribution in [1.29, 1.82) is 0 Å². The highest BCUT2D eigenvalue weighted by atomic mass is 16.1. The number of hydrogen-bond acceptors (Lipinski definition) is 3. The normalized spacial score (nSPS) is 10.6. The van der Waals surface area contributed by atoms with Crippen molar-refractivity contribution < 1.29 is 4.79 Å². The van der Waals surface area contributed by atoms with E-state index in [-0.39, 0.29) is 5.91 Å². The van der Waals surface area contributed by atoms with Gasteiger partial charge in [0.05, 0.1) is 12.2 Å². The number of pyridine rings is 1. The Hall–Kier alpha value is -2.95. The first-order chi connectivity index (χ1) is 11.6. The largest absolute Gasteiger partial charge is 0.348 e. The molecule has 0 aliphatic carbocycles. The van der Waals surface area contributed by atoms with Crippen LogP contribution < -0.4 is 5.32 Å². The van der Waals surface area contributed by atoms with Crippen LogP contribution in [0.5, 0.6) is 0 Å². The SMILES string of the molecule is Cc1nn(Cc2ccccc2)c(C)c1CNC(=O)c1ccncc1. The maximum Gasteiger partial charge on any atom is 0.251 e. The molecule has 2 aromatic heterocycles. The van der Waals surface area contributed by atoms with Gasteiger partial charge in [-0.15, -0.1) is 0 Å². The minimum absolute atomic E-state index is 0.105. The molecular formula is C19H20N4O. The summed E-state index contributed by atoms with van der Waals surface area (Å²) in [5.41, 5.74) is 4.89. The third kappa shape index (κ3) is 3.51. The van der Waals surface area contributed by atoms with Crippen LogP contribution in [0.3, 0.4) is 0 Å². The number of carbonyl (C=O) groups excluding carboxylic acids is 1. The second-order valence-corrected chi connectivity index (χ2v) is 5.71. The predicted octanol–water partition coefficient (Wildman–Crippen LogP) is 2.87. The van der Waals surface area contributed by atoms with E-state index in [0.29, 0.717) is 12.1 Å². The second-order valence-electron chi connectivity index (χ2n) is 5.71. The summed E-state index contributed by atoms with van der Waals surface area (Å²) in [5.74, 6) is -0.105. The van der Waals surface area contributed by atoms with E-state index < -0.39 is 0 Å². The van der Waals surface area contributed by atoms with Crippen LogP contribution in [0.2, 0.25) is 0 Å². The average Bonchev–Trinajstić information content (AvgIpc) is 2.88. The van der Waals surface area contributed by atoms with Crippen LogP contribution in [0.1, 0.15) is 32.9 Å². The molecule has 5 nitrogen and oxygen atoms in total. The standard InChI is InChI=1S/C19H20N4O/c1-14-18(12-21-19(24)17-8-10-20-11-9-17)15(2)23(22-14)13-16-6-4-3-5-7-16/h3-11H,12-13H2,1-2H3,(H,21,24). The average molecular weight is 320 g/mol. The van der Waals surface area contributed by atoms with Crippen molar-refractivity contribution in [3.63, 3.8) is 0 Å². The first-order valence-corrected chi connectivity index (χ1v) is 7.90. The maximum absolute atomic E-state index is 12.2. The third-order valence-corrected chi connectivity index (χ3v) is 4.07. The van der Waals surface area contributed by atoms with Crippen LogP contribution in [-0.2, 0) is 13.1 Å². The van der Waals surface area contributed by atoms with Gasteiger partial charge in [-0.25, -0.2) is 0 Å². The van der Waals surface area contributed by atoms with Crippen molar-refractivity contribution in [2.45, 2.75) is 26.9 Å². The molecule has 0 atom stereocenters. The van der Waals surface area contributed by atoms with E-state index in [1.165, 1.54) is 5.56 Å². The van der Waals surface area contributed by atoms with Crippen LogP contribution in [0.25, 0.3) is 0 Å². The number of nitrogens with zero attached hydrogens (tertiary/aromatic N) is 3. The Morgan fingerprint density at radius 3 is 2.50 bits per heavy atom. The second kappa shape index (κ2) is 7.08. The number of rotatable bonds is 5. The molecule has 0 aliphatic heterocycles. The first-order valence-electron chi connectivity index (χ1n) is 7.90. The van der Waals surface area contributed by atoms with E-state index >= 15 is 0 Å². The number of aromatic nitrogens is 3. The van der Waals surface area contributed by atoms with Crippen molar-refractivity contribution in [2.75, 3.05) is 0 Å². The molecule has 1 amide bonds. The summed E-state index contributed by atoms with van der Waals surface area (Å²) >= 11 is 0. The molecule has 0 spiro atoms. The molecule has 0 saturated heterocycles. The van der Waals surface area contributed by atoms with E-state index in [1.54, 1.807) is 24.5 Å². The van der Waals surface area contributed by atoms with E-state index in [9.17, 15) is 4.79 Å². The number of amides is 1. The predicted molar refractivity (Wildman–Crippen MR) is 92.7 cm³/mol. The smallest absolute Gasteiger partial charge is 0.251 e. The lowest BCUT2D eigenvalue weighted by Gasteiger charge is -2.07. The molecule has 0 radical (unpaired) electrons. The summed E-state index contributed by atoms with van der Waals surface area (Å²) in [6.07, 6.45) is 3.23. The van der Waals surface area contributed by atoms with E-state index in [0.717, 1.165) is 23.5 Å². The molecule has 0 aliphatic rings. The monoisotopic (exact) mass is 320 g/mol. The molecular weight excluding hydrogens is 300 g/mol. The Bertz CT molecular complexity index is 825. The van der Waals surface area contributed by atoms with Crippen molar-refractivity contribution in [3.8, 4) is 0 Å².